The number of carbonyl (C=O) groups excluding carboxylic acids is 1. The predicted octanol–water partition coefficient (Wildman–Crippen LogP) is 4.64. The van der Waals surface area contributed by atoms with Crippen molar-refractivity contribution in [3.05, 3.63) is 70.3 Å². The highest BCUT2D eigenvalue weighted by atomic mass is 16.5. The summed E-state index contributed by atoms with van der Waals surface area (Å²) in [4.78, 5) is 13.0. The third kappa shape index (κ3) is 5.15. The van der Waals surface area contributed by atoms with Gasteiger partial charge in [-0.25, -0.2) is 0 Å². The molecule has 1 heterocycles. The Morgan fingerprint density at radius 2 is 1.34 bits per heavy atom. The highest BCUT2D eigenvalue weighted by Gasteiger charge is 2.20. The molecule has 0 radical (unpaired) electrons. The van der Waals surface area contributed by atoms with Gasteiger partial charge in [0, 0.05) is 30.3 Å². The van der Waals surface area contributed by atoms with Gasteiger partial charge in [-0.15, -0.1) is 0 Å². The summed E-state index contributed by atoms with van der Waals surface area (Å²) in [5.41, 5.74) is 4.79. The van der Waals surface area contributed by atoms with Gasteiger partial charge >= 0.3 is 0 Å². The van der Waals surface area contributed by atoms with Crippen LogP contribution in [0.1, 0.15) is 37.5 Å². The predicted molar refractivity (Wildman–Crippen MR) is 119 cm³/mol. The molecule has 152 valence electrons. The number of nitrogens with one attached hydrogen (secondary N) is 1. The van der Waals surface area contributed by atoms with Gasteiger partial charge in [0.15, 0.2) is 5.78 Å². The first-order valence-corrected chi connectivity index (χ1v) is 9.80. The fourth-order valence-electron chi connectivity index (χ4n) is 3.33. The molecule has 1 N–H and O–H groups in total. The molecule has 4 heteroatoms. The largest absolute Gasteiger partial charge is 0.497 e. The molecular weight excluding hydrogens is 362 g/mol. The van der Waals surface area contributed by atoms with Gasteiger partial charge in [-0.3, -0.25) is 4.79 Å². The first-order chi connectivity index (χ1) is 13.8. The van der Waals surface area contributed by atoms with E-state index in [9.17, 15) is 4.79 Å². The first-order valence-electron chi connectivity index (χ1n) is 9.80. The van der Waals surface area contributed by atoms with Gasteiger partial charge in [-0.05, 0) is 46.4 Å². The van der Waals surface area contributed by atoms with E-state index in [1.807, 2.05) is 30.4 Å². The Balaban J connectivity index is 1.87. The fraction of sp³-hybridized carbons (Fsp3) is 0.320. The molecule has 0 aromatic heterocycles. The number of ether oxygens (including phenoxy) is 2. The average Bonchev–Trinajstić information content (AvgIpc) is 2.70. The van der Waals surface area contributed by atoms with Crippen molar-refractivity contribution in [1.82, 2.24) is 5.32 Å². The van der Waals surface area contributed by atoms with E-state index < -0.39 is 0 Å². The minimum absolute atomic E-state index is 0.0745. The summed E-state index contributed by atoms with van der Waals surface area (Å²) in [7, 11) is 3.23. The number of benzene rings is 2. The summed E-state index contributed by atoms with van der Waals surface area (Å²) < 4.78 is 10.7. The van der Waals surface area contributed by atoms with Crippen molar-refractivity contribution in [1.29, 1.82) is 0 Å². The monoisotopic (exact) mass is 391 g/mol. The van der Waals surface area contributed by atoms with Crippen molar-refractivity contribution in [3.8, 4) is 11.5 Å². The zero-order chi connectivity index (χ0) is 21.0. The van der Waals surface area contributed by atoms with Crippen molar-refractivity contribution in [2.75, 3.05) is 27.3 Å². The van der Waals surface area contributed by atoms with E-state index in [0.717, 1.165) is 22.3 Å². The number of methoxy groups -OCH3 is 2. The number of rotatable bonds is 4. The SMILES string of the molecule is COc1cc(C=C2CNCC(=Cc3ccc(C(C)(C)C)cc3)C2=O)cc(OC)c1. The molecule has 0 saturated carbocycles. The zero-order valence-corrected chi connectivity index (χ0v) is 17.8. The number of ketones is 1. The van der Waals surface area contributed by atoms with Crippen molar-refractivity contribution < 1.29 is 14.3 Å². The summed E-state index contributed by atoms with van der Waals surface area (Å²) >= 11 is 0. The van der Waals surface area contributed by atoms with Crippen molar-refractivity contribution in [3.63, 3.8) is 0 Å². The quantitative estimate of drug-likeness (QED) is 0.772. The molecule has 1 aliphatic heterocycles. The minimum atomic E-state index is 0.0745. The van der Waals surface area contributed by atoms with Gasteiger partial charge < -0.3 is 14.8 Å². The van der Waals surface area contributed by atoms with Gasteiger partial charge in [-0.1, -0.05) is 45.0 Å². The standard InChI is InChI=1S/C25H29NO3/c1-25(2,3)21-8-6-17(7-9-21)10-19-15-26-16-20(24(19)27)11-18-12-22(28-4)14-23(13-18)29-5/h6-14,26H,15-16H2,1-5H3. The maximum absolute atomic E-state index is 13.0. The van der Waals surface area contributed by atoms with Crippen LogP contribution in [0, 0.1) is 0 Å². The van der Waals surface area contributed by atoms with E-state index in [2.05, 4.69) is 50.4 Å². The number of hydrogen-bond acceptors (Lipinski definition) is 4. The van der Waals surface area contributed by atoms with E-state index in [4.69, 9.17) is 9.47 Å². The summed E-state index contributed by atoms with van der Waals surface area (Å²) in [6, 6.07) is 14.0. The van der Waals surface area contributed by atoms with Crippen LogP contribution in [0.15, 0.2) is 53.6 Å². The molecule has 2 aromatic rings. The zero-order valence-electron chi connectivity index (χ0n) is 17.8. The highest BCUT2D eigenvalue weighted by Crippen LogP contribution is 2.26. The second-order valence-corrected chi connectivity index (χ2v) is 8.29. The molecule has 0 atom stereocenters. The van der Waals surface area contributed by atoms with Crippen molar-refractivity contribution in [2.24, 2.45) is 0 Å². The lowest BCUT2D eigenvalue weighted by molar-refractivity contribution is -0.112. The average molecular weight is 392 g/mol. The summed E-state index contributed by atoms with van der Waals surface area (Å²) in [6.45, 7) is 7.69. The first kappa shape index (κ1) is 20.9. The van der Waals surface area contributed by atoms with Crippen LogP contribution >= 0.6 is 0 Å². The molecule has 4 nitrogen and oxygen atoms in total. The third-order valence-corrected chi connectivity index (χ3v) is 5.05. The van der Waals surface area contributed by atoms with Gasteiger partial charge in [0.1, 0.15) is 11.5 Å². The van der Waals surface area contributed by atoms with Crippen molar-refractivity contribution >= 4 is 17.9 Å². The van der Waals surface area contributed by atoms with Gasteiger partial charge in [-0.2, -0.15) is 0 Å². The Bertz CT molecular complexity index is 925. The molecule has 0 amide bonds. The van der Waals surface area contributed by atoms with Crippen LogP contribution < -0.4 is 14.8 Å². The Labute approximate surface area is 173 Å². The van der Waals surface area contributed by atoms with Crippen LogP contribution in [0.5, 0.6) is 11.5 Å². The van der Waals surface area contributed by atoms with Gasteiger partial charge in [0.05, 0.1) is 14.2 Å². The van der Waals surface area contributed by atoms with E-state index in [-0.39, 0.29) is 11.2 Å². The van der Waals surface area contributed by atoms with E-state index in [1.165, 1.54) is 5.56 Å². The second kappa shape index (κ2) is 8.66. The van der Waals surface area contributed by atoms with E-state index in [1.54, 1.807) is 14.2 Å². The minimum Gasteiger partial charge on any atom is -0.497 e. The maximum atomic E-state index is 13.0. The van der Waals surface area contributed by atoms with Crippen LogP contribution in [-0.4, -0.2) is 33.1 Å². The van der Waals surface area contributed by atoms with E-state index >= 15 is 0 Å². The van der Waals surface area contributed by atoms with E-state index in [0.29, 0.717) is 24.6 Å². The lowest BCUT2D eigenvalue weighted by Crippen LogP contribution is -2.32. The topological polar surface area (TPSA) is 47.6 Å². The summed E-state index contributed by atoms with van der Waals surface area (Å²) in [6.07, 6.45) is 3.87. The van der Waals surface area contributed by atoms with Crippen LogP contribution in [0.3, 0.4) is 0 Å². The summed E-state index contributed by atoms with van der Waals surface area (Å²) in [5, 5.41) is 3.33. The molecule has 1 fully saturated rings. The molecule has 1 saturated heterocycles. The van der Waals surface area contributed by atoms with Crippen LogP contribution in [0.2, 0.25) is 0 Å². The smallest absolute Gasteiger partial charge is 0.187 e. The molecule has 0 unspecified atom stereocenters. The lowest BCUT2D eigenvalue weighted by atomic mass is 9.86. The Morgan fingerprint density at radius 1 is 0.828 bits per heavy atom. The molecular formula is C25H29NO3. The second-order valence-electron chi connectivity index (χ2n) is 8.29. The molecule has 29 heavy (non-hydrogen) atoms. The molecule has 0 aliphatic carbocycles. The number of carbonyl (C=O) groups is 1. The van der Waals surface area contributed by atoms with Crippen molar-refractivity contribution in [2.45, 2.75) is 26.2 Å². The number of Topliss-reactive ketones (excluding diaryl/α,β-unsaturated/α-hetero) is 1. The molecule has 1 aliphatic rings. The van der Waals surface area contributed by atoms with Crippen LogP contribution in [-0.2, 0) is 10.2 Å². The molecule has 2 aromatic carbocycles. The fourth-order valence-corrected chi connectivity index (χ4v) is 3.33. The number of piperidine rings is 1. The normalized spacial score (nSPS) is 17.6. The highest BCUT2D eigenvalue weighted by molar-refractivity contribution is 6.14. The maximum Gasteiger partial charge on any atom is 0.187 e. The Morgan fingerprint density at radius 3 is 1.83 bits per heavy atom. The Hall–Kier alpha value is -2.85. The summed E-state index contributed by atoms with van der Waals surface area (Å²) in [5.74, 6) is 1.47. The van der Waals surface area contributed by atoms with Crippen LogP contribution in [0.25, 0.3) is 12.2 Å². The van der Waals surface area contributed by atoms with Gasteiger partial charge in [0.2, 0.25) is 0 Å². The molecule has 3 rings (SSSR count). The molecule has 0 spiro atoms. The molecule has 0 bridgehead atoms. The third-order valence-electron chi connectivity index (χ3n) is 5.05. The number of hydrogen-bond donors (Lipinski definition) is 1. The lowest BCUT2D eigenvalue weighted by Gasteiger charge is -2.20. The Kier molecular flexibility index (Phi) is 6.23. The van der Waals surface area contributed by atoms with Crippen LogP contribution in [0.4, 0.5) is 0 Å². The van der Waals surface area contributed by atoms with Gasteiger partial charge in [0.25, 0.3) is 0 Å².